The normalized spacial score (nSPS) is 14.9. The molecule has 1 N–H and O–H groups in total. The van der Waals surface area contributed by atoms with Crippen molar-refractivity contribution in [2.45, 2.75) is 13.3 Å². The maximum absolute atomic E-state index is 12.8. The van der Waals surface area contributed by atoms with Crippen molar-refractivity contribution in [2.75, 3.05) is 16.9 Å². The molecule has 5 nitrogen and oxygen atoms in total. The molecule has 154 valence electrons. The number of carbonyl (C=O) groups excluding carboxylic acids is 1. The molecule has 31 heavy (non-hydrogen) atoms. The number of fused-ring (bicyclic) bond motifs is 1. The molecule has 0 spiro atoms. The first-order chi connectivity index (χ1) is 15.1. The highest BCUT2D eigenvalue weighted by molar-refractivity contribution is 6.31. The molecular weight excluding hydrogens is 410 g/mol. The Morgan fingerprint density at radius 2 is 1.84 bits per heavy atom. The fraction of sp³-hybridized carbons (Fsp3) is 0.120. The fourth-order valence-corrected chi connectivity index (χ4v) is 3.91. The van der Waals surface area contributed by atoms with Gasteiger partial charge in [-0.1, -0.05) is 53.6 Å². The van der Waals surface area contributed by atoms with Gasteiger partial charge in [-0.25, -0.2) is 4.79 Å². The number of rotatable bonds is 2. The van der Waals surface area contributed by atoms with Crippen LogP contribution in [-0.4, -0.2) is 18.4 Å². The first kappa shape index (κ1) is 19.4. The summed E-state index contributed by atoms with van der Waals surface area (Å²) in [6.07, 6.45) is 0.721. The maximum atomic E-state index is 12.8. The minimum Gasteiger partial charge on any atom is -0.400 e. The Morgan fingerprint density at radius 3 is 2.61 bits per heavy atom. The molecule has 5 rings (SSSR count). The Labute approximate surface area is 185 Å². The van der Waals surface area contributed by atoms with E-state index >= 15 is 0 Å². The molecule has 0 fully saturated rings. The zero-order chi connectivity index (χ0) is 21.4. The van der Waals surface area contributed by atoms with Gasteiger partial charge in [-0.2, -0.15) is 0 Å². The van der Waals surface area contributed by atoms with E-state index in [4.69, 9.17) is 16.3 Å². The van der Waals surface area contributed by atoms with Gasteiger partial charge in [0.15, 0.2) is 0 Å². The lowest BCUT2D eigenvalue weighted by molar-refractivity contribution is 0.0716. The monoisotopic (exact) mass is 429 g/mol. The highest BCUT2D eigenvalue weighted by Crippen LogP contribution is 2.34. The van der Waals surface area contributed by atoms with Crippen LogP contribution in [0.25, 0.3) is 0 Å². The zero-order valence-electron chi connectivity index (χ0n) is 16.9. The largest absolute Gasteiger partial charge is 0.400 e. The average molecular weight is 430 g/mol. The number of carbonyl (C=O) groups is 1. The molecule has 0 amide bonds. The molecule has 0 saturated carbocycles. The number of nitrogens with one attached hydrogen (secondary N) is 1. The molecule has 0 radical (unpaired) electrons. The molecule has 2 aliphatic heterocycles. The van der Waals surface area contributed by atoms with Gasteiger partial charge in [-0.15, -0.1) is 5.10 Å². The average Bonchev–Trinajstić information content (AvgIpc) is 2.79. The topological polar surface area (TPSA) is 53.9 Å². The zero-order valence-corrected chi connectivity index (χ0v) is 17.7. The van der Waals surface area contributed by atoms with Gasteiger partial charge in [-0.3, -0.25) is 5.01 Å². The first-order valence-corrected chi connectivity index (χ1v) is 10.4. The number of aryl methyl sites for hydroxylation is 1. The van der Waals surface area contributed by atoms with Crippen molar-refractivity contribution < 1.29 is 9.53 Å². The van der Waals surface area contributed by atoms with Crippen LogP contribution in [0.5, 0.6) is 0 Å². The van der Waals surface area contributed by atoms with E-state index in [1.807, 2.05) is 60.5 Å². The molecular formula is C25H20ClN3O2. The van der Waals surface area contributed by atoms with Crippen LogP contribution in [0.1, 0.15) is 21.5 Å². The van der Waals surface area contributed by atoms with Crippen LogP contribution in [0.3, 0.4) is 0 Å². The number of hydrogen-bond acceptors (Lipinski definition) is 5. The second-order valence-electron chi connectivity index (χ2n) is 7.64. The predicted molar refractivity (Wildman–Crippen MR) is 124 cm³/mol. The number of benzene rings is 3. The highest BCUT2D eigenvalue weighted by atomic mass is 35.5. The van der Waals surface area contributed by atoms with Gasteiger partial charge < -0.3 is 10.1 Å². The number of nitrogens with zero attached hydrogens (tertiary/aromatic N) is 2. The van der Waals surface area contributed by atoms with Crippen molar-refractivity contribution in [1.82, 2.24) is 0 Å². The van der Waals surface area contributed by atoms with Gasteiger partial charge in [0, 0.05) is 10.7 Å². The molecule has 2 heterocycles. The van der Waals surface area contributed by atoms with Gasteiger partial charge >= 0.3 is 5.97 Å². The number of hydrazone groups is 1. The Kier molecular flexibility index (Phi) is 4.96. The third-order valence-corrected chi connectivity index (χ3v) is 5.62. The minimum atomic E-state index is -0.448. The molecule has 2 aliphatic rings. The SMILES string of the molecule is Cc1ccc(N2CC3=C(Nc4cc(Cl)ccc4C3)C(OC(=O)c3ccccc3)=N2)cc1. The smallest absolute Gasteiger partial charge is 0.344 e. The number of ether oxygens (including phenoxy) is 1. The summed E-state index contributed by atoms with van der Waals surface area (Å²) in [6.45, 7) is 2.64. The van der Waals surface area contributed by atoms with E-state index in [1.54, 1.807) is 24.3 Å². The Bertz CT molecular complexity index is 1220. The van der Waals surface area contributed by atoms with E-state index in [-0.39, 0.29) is 5.90 Å². The summed E-state index contributed by atoms with van der Waals surface area (Å²) < 4.78 is 5.78. The van der Waals surface area contributed by atoms with E-state index in [9.17, 15) is 4.79 Å². The van der Waals surface area contributed by atoms with E-state index in [0.29, 0.717) is 17.1 Å². The van der Waals surface area contributed by atoms with Crippen LogP contribution in [0.4, 0.5) is 11.4 Å². The van der Waals surface area contributed by atoms with E-state index < -0.39 is 5.97 Å². The van der Waals surface area contributed by atoms with Crippen LogP contribution in [0.15, 0.2) is 89.2 Å². The van der Waals surface area contributed by atoms with Gasteiger partial charge in [0.25, 0.3) is 5.90 Å². The summed E-state index contributed by atoms with van der Waals surface area (Å²) in [5.74, 6) is -0.197. The summed E-state index contributed by atoms with van der Waals surface area (Å²) in [5, 5.41) is 10.6. The fourth-order valence-electron chi connectivity index (χ4n) is 3.73. The second kappa shape index (κ2) is 7.93. The molecule has 6 heteroatoms. The minimum absolute atomic E-state index is 0.251. The predicted octanol–water partition coefficient (Wildman–Crippen LogP) is 5.56. The Morgan fingerprint density at radius 1 is 1.06 bits per heavy atom. The van der Waals surface area contributed by atoms with Gasteiger partial charge in [0.2, 0.25) is 0 Å². The summed E-state index contributed by atoms with van der Waals surface area (Å²) >= 11 is 6.19. The van der Waals surface area contributed by atoms with Crippen molar-refractivity contribution in [1.29, 1.82) is 0 Å². The van der Waals surface area contributed by atoms with Crippen LogP contribution >= 0.6 is 11.6 Å². The standard InChI is InChI=1S/C25H20ClN3O2/c1-16-7-11-21(12-8-16)29-15-19-13-18-9-10-20(26)14-22(18)27-23(19)24(28-29)31-25(30)17-5-3-2-4-6-17/h2-12,14,27H,13,15H2,1H3. The van der Waals surface area contributed by atoms with Crippen molar-refractivity contribution in [3.8, 4) is 0 Å². The van der Waals surface area contributed by atoms with Gasteiger partial charge in [-0.05, 0) is 60.9 Å². The van der Waals surface area contributed by atoms with E-state index in [0.717, 1.165) is 34.6 Å². The lowest BCUT2D eigenvalue weighted by Crippen LogP contribution is -2.36. The molecule has 0 unspecified atom stereocenters. The Hall–Kier alpha value is -3.57. The maximum Gasteiger partial charge on any atom is 0.344 e. The first-order valence-electron chi connectivity index (χ1n) is 10.0. The number of esters is 1. The molecule has 0 aliphatic carbocycles. The second-order valence-corrected chi connectivity index (χ2v) is 8.07. The number of halogens is 1. The summed E-state index contributed by atoms with van der Waals surface area (Å²) in [5.41, 5.74) is 6.45. The van der Waals surface area contributed by atoms with E-state index in [2.05, 4.69) is 10.4 Å². The molecule has 3 aromatic carbocycles. The summed E-state index contributed by atoms with van der Waals surface area (Å²) in [7, 11) is 0. The van der Waals surface area contributed by atoms with Crippen molar-refractivity contribution in [2.24, 2.45) is 5.10 Å². The Balaban J connectivity index is 1.52. The van der Waals surface area contributed by atoms with Crippen LogP contribution in [-0.2, 0) is 11.2 Å². The highest BCUT2D eigenvalue weighted by Gasteiger charge is 2.30. The molecule has 3 aromatic rings. The molecule has 0 bridgehead atoms. The lowest BCUT2D eigenvalue weighted by Gasteiger charge is -2.32. The molecule has 0 atom stereocenters. The van der Waals surface area contributed by atoms with Gasteiger partial charge in [0.05, 0.1) is 17.8 Å². The molecule has 0 saturated heterocycles. The van der Waals surface area contributed by atoms with E-state index in [1.165, 1.54) is 5.56 Å². The number of anilines is 2. The third-order valence-electron chi connectivity index (χ3n) is 5.39. The quantitative estimate of drug-likeness (QED) is 0.542. The van der Waals surface area contributed by atoms with Crippen LogP contribution in [0, 0.1) is 6.92 Å². The lowest BCUT2D eigenvalue weighted by atomic mass is 9.96. The summed E-state index contributed by atoms with van der Waals surface area (Å²) in [4.78, 5) is 12.8. The van der Waals surface area contributed by atoms with Crippen LogP contribution in [0.2, 0.25) is 5.02 Å². The van der Waals surface area contributed by atoms with Crippen molar-refractivity contribution in [3.05, 3.63) is 106 Å². The van der Waals surface area contributed by atoms with Crippen molar-refractivity contribution in [3.63, 3.8) is 0 Å². The third kappa shape index (κ3) is 3.92. The number of hydrogen-bond donors (Lipinski definition) is 1. The molecule has 0 aromatic heterocycles. The van der Waals surface area contributed by atoms with Crippen molar-refractivity contribution >= 4 is 34.8 Å². The summed E-state index contributed by atoms with van der Waals surface area (Å²) in [6, 6.07) is 22.8. The van der Waals surface area contributed by atoms with Gasteiger partial charge in [0.1, 0.15) is 5.70 Å². The van der Waals surface area contributed by atoms with Crippen LogP contribution < -0.4 is 10.3 Å².